The highest BCUT2D eigenvalue weighted by molar-refractivity contribution is 7.89. The van der Waals surface area contributed by atoms with E-state index in [-0.39, 0.29) is 11.4 Å². The maximum atomic E-state index is 12.3. The second-order valence-corrected chi connectivity index (χ2v) is 8.14. The van der Waals surface area contributed by atoms with E-state index < -0.39 is 16.1 Å². The van der Waals surface area contributed by atoms with Crippen LogP contribution in [0.2, 0.25) is 0 Å². The number of anilines is 1. The average molecular weight is 376 g/mol. The van der Waals surface area contributed by atoms with Gasteiger partial charge in [0.1, 0.15) is 0 Å². The smallest absolute Gasteiger partial charge is 0.240 e. The third-order valence-corrected chi connectivity index (χ3v) is 5.89. The van der Waals surface area contributed by atoms with Gasteiger partial charge >= 0.3 is 0 Å². The molecule has 2 aromatic rings. The van der Waals surface area contributed by atoms with Gasteiger partial charge in [0.15, 0.2) is 0 Å². The zero-order valence-corrected chi connectivity index (χ0v) is 15.6. The van der Waals surface area contributed by atoms with Gasteiger partial charge in [-0.05, 0) is 36.8 Å². The van der Waals surface area contributed by atoms with Crippen LogP contribution in [0.1, 0.15) is 17.2 Å². The highest BCUT2D eigenvalue weighted by Crippen LogP contribution is 2.20. The van der Waals surface area contributed by atoms with Gasteiger partial charge in [0.25, 0.3) is 0 Å². The normalized spacial score (nSPS) is 16.5. The zero-order chi connectivity index (χ0) is 18.6. The highest BCUT2D eigenvalue weighted by Gasteiger charge is 2.17. The lowest BCUT2D eigenvalue weighted by molar-refractivity contribution is 0.122. The lowest BCUT2D eigenvalue weighted by Crippen LogP contribution is -2.36. The molecule has 26 heavy (non-hydrogen) atoms. The Kier molecular flexibility index (Phi) is 5.93. The Bertz CT molecular complexity index is 814. The fraction of sp³-hybridized carbons (Fsp3) is 0.368. The van der Waals surface area contributed by atoms with E-state index in [4.69, 9.17) is 4.74 Å². The maximum Gasteiger partial charge on any atom is 0.240 e. The molecule has 1 fully saturated rings. The van der Waals surface area contributed by atoms with Crippen LogP contribution in [-0.2, 0) is 14.8 Å². The number of hydrogen-bond donors (Lipinski definition) is 2. The van der Waals surface area contributed by atoms with Crippen molar-refractivity contribution in [1.29, 1.82) is 0 Å². The Hall–Kier alpha value is -1.93. The number of rotatable bonds is 6. The Morgan fingerprint density at radius 2 is 1.69 bits per heavy atom. The number of morpholine rings is 1. The molecule has 1 aliphatic heterocycles. The first-order valence-corrected chi connectivity index (χ1v) is 10.1. The van der Waals surface area contributed by atoms with Gasteiger partial charge in [0.05, 0.1) is 24.2 Å². The molecule has 140 valence electrons. The summed E-state index contributed by atoms with van der Waals surface area (Å²) in [6, 6.07) is 14.1. The topological polar surface area (TPSA) is 78.9 Å². The summed E-state index contributed by atoms with van der Waals surface area (Å²) in [4.78, 5) is 2.41. The molecule has 6 nitrogen and oxygen atoms in total. The molecule has 0 bridgehead atoms. The van der Waals surface area contributed by atoms with E-state index in [0.717, 1.165) is 24.3 Å². The molecular weight excluding hydrogens is 352 g/mol. The van der Waals surface area contributed by atoms with Gasteiger partial charge in [0.2, 0.25) is 10.0 Å². The zero-order valence-electron chi connectivity index (χ0n) is 14.8. The van der Waals surface area contributed by atoms with Gasteiger partial charge < -0.3 is 14.7 Å². The first kappa shape index (κ1) is 18.8. The number of aliphatic hydroxyl groups is 1. The van der Waals surface area contributed by atoms with Crippen molar-refractivity contribution in [2.45, 2.75) is 17.9 Å². The molecule has 7 heteroatoms. The van der Waals surface area contributed by atoms with Crippen LogP contribution in [0.3, 0.4) is 0 Å². The quantitative estimate of drug-likeness (QED) is 0.804. The van der Waals surface area contributed by atoms with Crippen LogP contribution < -0.4 is 9.62 Å². The lowest BCUT2D eigenvalue weighted by Gasteiger charge is -2.29. The largest absolute Gasteiger partial charge is 0.387 e. The number of sulfonamides is 1. The van der Waals surface area contributed by atoms with E-state index in [0.29, 0.717) is 18.8 Å². The number of nitrogens with zero attached hydrogens (tertiary/aromatic N) is 1. The fourth-order valence-electron chi connectivity index (χ4n) is 2.84. The summed E-state index contributed by atoms with van der Waals surface area (Å²) in [5.41, 5.74) is 2.74. The monoisotopic (exact) mass is 376 g/mol. The van der Waals surface area contributed by atoms with E-state index in [1.54, 1.807) is 24.3 Å². The van der Waals surface area contributed by atoms with E-state index in [2.05, 4.69) is 9.62 Å². The van der Waals surface area contributed by atoms with Crippen LogP contribution in [0, 0.1) is 6.92 Å². The van der Waals surface area contributed by atoms with Crippen molar-refractivity contribution in [1.82, 2.24) is 4.72 Å². The van der Waals surface area contributed by atoms with Crippen molar-refractivity contribution in [3.63, 3.8) is 0 Å². The molecule has 1 heterocycles. The molecule has 0 saturated carbocycles. The Morgan fingerprint density at radius 1 is 1.08 bits per heavy atom. The minimum absolute atomic E-state index is 0.0763. The van der Waals surface area contributed by atoms with Crippen molar-refractivity contribution < 1.29 is 18.3 Å². The minimum Gasteiger partial charge on any atom is -0.387 e. The van der Waals surface area contributed by atoms with E-state index >= 15 is 0 Å². The van der Waals surface area contributed by atoms with Crippen LogP contribution in [0.15, 0.2) is 53.4 Å². The summed E-state index contributed by atoms with van der Waals surface area (Å²) in [5.74, 6) is 0. The van der Waals surface area contributed by atoms with Crippen molar-refractivity contribution in [2.75, 3.05) is 37.7 Å². The Morgan fingerprint density at radius 3 is 2.31 bits per heavy atom. The molecule has 1 saturated heterocycles. The molecule has 1 unspecified atom stereocenters. The number of aliphatic hydroxyl groups excluding tert-OH is 1. The summed E-state index contributed by atoms with van der Waals surface area (Å²) < 4.78 is 32.4. The molecule has 0 amide bonds. The Balaban J connectivity index is 1.60. The van der Waals surface area contributed by atoms with Crippen LogP contribution in [-0.4, -0.2) is 46.4 Å². The van der Waals surface area contributed by atoms with Gasteiger partial charge in [-0.25, -0.2) is 13.1 Å². The molecule has 2 N–H and O–H groups in total. The predicted molar refractivity (Wildman–Crippen MR) is 101 cm³/mol. The van der Waals surface area contributed by atoms with Crippen molar-refractivity contribution in [2.24, 2.45) is 0 Å². The fourth-order valence-corrected chi connectivity index (χ4v) is 3.87. The van der Waals surface area contributed by atoms with Crippen LogP contribution in [0.4, 0.5) is 5.69 Å². The summed E-state index contributed by atoms with van der Waals surface area (Å²) >= 11 is 0. The van der Waals surface area contributed by atoms with Gasteiger partial charge in [-0.15, -0.1) is 0 Å². The molecule has 0 aliphatic carbocycles. The molecular formula is C19H24N2O4S. The van der Waals surface area contributed by atoms with Gasteiger partial charge in [0, 0.05) is 25.3 Å². The minimum atomic E-state index is -3.64. The maximum absolute atomic E-state index is 12.3. The van der Waals surface area contributed by atoms with Crippen molar-refractivity contribution in [3.05, 3.63) is 59.7 Å². The summed E-state index contributed by atoms with van der Waals surface area (Å²) in [7, 11) is -3.64. The number of ether oxygens (including phenoxy) is 1. The van der Waals surface area contributed by atoms with E-state index in [1.807, 2.05) is 31.2 Å². The van der Waals surface area contributed by atoms with Gasteiger partial charge in [-0.1, -0.05) is 29.8 Å². The first-order valence-electron chi connectivity index (χ1n) is 8.63. The van der Waals surface area contributed by atoms with Crippen molar-refractivity contribution >= 4 is 15.7 Å². The van der Waals surface area contributed by atoms with Crippen LogP contribution in [0.25, 0.3) is 0 Å². The van der Waals surface area contributed by atoms with E-state index in [9.17, 15) is 13.5 Å². The number of nitrogens with one attached hydrogen (secondary N) is 1. The number of benzene rings is 2. The summed E-state index contributed by atoms with van der Waals surface area (Å²) in [6.07, 6.45) is -0.908. The molecule has 0 spiro atoms. The second-order valence-electron chi connectivity index (χ2n) is 6.37. The lowest BCUT2D eigenvalue weighted by atomic mass is 10.1. The van der Waals surface area contributed by atoms with Gasteiger partial charge in [-0.2, -0.15) is 0 Å². The second kappa shape index (κ2) is 8.18. The third kappa shape index (κ3) is 4.62. The first-order chi connectivity index (χ1) is 12.5. The Labute approximate surface area is 154 Å². The standard InChI is InChI=1S/C19H24N2O4S/c1-15-2-8-18(9-3-15)26(23,24)20-14-19(22)16-4-6-17(7-5-16)21-10-12-25-13-11-21/h2-9,19-20,22H,10-14H2,1H3. The molecule has 0 aromatic heterocycles. The molecule has 2 aromatic carbocycles. The van der Waals surface area contributed by atoms with E-state index in [1.165, 1.54) is 0 Å². The average Bonchev–Trinajstić information content (AvgIpc) is 2.67. The third-order valence-electron chi connectivity index (χ3n) is 4.45. The highest BCUT2D eigenvalue weighted by atomic mass is 32.2. The number of aryl methyl sites for hydroxylation is 1. The summed E-state index contributed by atoms with van der Waals surface area (Å²) in [5, 5.41) is 10.3. The molecule has 1 atom stereocenters. The van der Waals surface area contributed by atoms with Gasteiger partial charge in [-0.3, -0.25) is 0 Å². The number of hydrogen-bond acceptors (Lipinski definition) is 5. The predicted octanol–water partition coefficient (Wildman–Crippen LogP) is 1.84. The van der Waals surface area contributed by atoms with Crippen LogP contribution in [0.5, 0.6) is 0 Å². The summed E-state index contributed by atoms with van der Waals surface area (Å²) in [6.45, 7) is 4.94. The van der Waals surface area contributed by atoms with Crippen molar-refractivity contribution in [3.8, 4) is 0 Å². The van der Waals surface area contributed by atoms with Crippen LogP contribution >= 0.6 is 0 Å². The molecule has 1 aliphatic rings. The SMILES string of the molecule is Cc1ccc(S(=O)(=O)NCC(O)c2ccc(N3CCOCC3)cc2)cc1. The molecule has 3 rings (SSSR count). The molecule has 0 radical (unpaired) electrons.